The molecule has 0 unspecified atom stereocenters. The molecule has 12 nitrogen and oxygen atoms in total. The average molecular weight is 660 g/mol. The van der Waals surface area contributed by atoms with Gasteiger partial charge in [0, 0.05) is 27.4 Å². The second kappa shape index (κ2) is 12.2. The van der Waals surface area contributed by atoms with Crippen molar-refractivity contribution in [1.82, 2.24) is 19.6 Å². The van der Waals surface area contributed by atoms with Gasteiger partial charge < -0.3 is 28.3 Å². The monoisotopic (exact) mass is 659 g/mol. The molecule has 44 heavy (non-hydrogen) atoms. The van der Waals surface area contributed by atoms with Crippen LogP contribution in [-0.4, -0.2) is 44.4 Å². The zero-order chi connectivity index (χ0) is 30.8. The standard InChI is InChI=1S/C31H26BrN5O7/c1-3-42-31(39)27-24-15-22(9-11-26(24)44-29(27)18-4-7-21(41-2)8-5-18)43-17-20-16-36(35-33-20)12-13-37-25-10-6-19(32)14-23(25)28(34-40)30(37)38/h4-11,14-16,38H,3,12-13,17H2,1-2H3. The first-order chi connectivity index (χ1) is 21.4. The molecule has 0 bridgehead atoms. The summed E-state index contributed by atoms with van der Waals surface area (Å²) >= 11 is 3.38. The number of aromatic nitrogens is 4. The van der Waals surface area contributed by atoms with Gasteiger partial charge in [0.2, 0.25) is 5.88 Å². The third kappa shape index (κ3) is 5.49. The minimum Gasteiger partial charge on any atom is -0.497 e. The fourth-order valence-electron chi connectivity index (χ4n) is 5.00. The zero-order valence-corrected chi connectivity index (χ0v) is 25.3. The first-order valence-corrected chi connectivity index (χ1v) is 14.4. The van der Waals surface area contributed by atoms with E-state index >= 15 is 0 Å². The smallest absolute Gasteiger partial charge is 0.342 e. The van der Waals surface area contributed by atoms with Crippen molar-refractivity contribution in [3.63, 3.8) is 0 Å². The Balaban J connectivity index is 1.19. The molecule has 224 valence electrons. The molecule has 0 aliphatic rings. The second-order valence-electron chi connectivity index (χ2n) is 9.75. The van der Waals surface area contributed by atoms with E-state index in [2.05, 4.69) is 31.4 Å². The number of hydrogen-bond acceptors (Lipinski definition) is 10. The lowest BCUT2D eigenvalue weighted by atomic mass is 10.1. The molecule has 1 N–H and O–H groups in total. The Labute approximate surface area is 258 Å². The van der Waals surface area contributed by atoms with Crippen LogP contribution in [0.15, 0.2) is 80.9 Å². The Bertz CT molecular complexity index is 1990. The van der Waals surface area contributed by atoms with Gasteiger partial charge in [-0.1, -0.05) is 21.1 Å². The van der Waals surface area contributed by atoms with Crippen molar-refractivity contribution in [2.45, 2.75) is 26.6 Å². The molecule has 0 amide bonds. The van der Waals surface area contributed by atoms with E-state index < -0.39 is 5.97 Å². The molecule has 0 saturated carbocycles. The molecule has 0 saturated heterocycles. The molecule has 3 aromatic heterocycles. The van der Waals surface area contributed by atoms with Crippen molar-refractivity contribution in [3.8, 4) is 28.7 Å². The predicted octanol–water partition coefficient (Wildman–Crippen LogP) is 6.98. The Morgan fingerprint density at radius 2 is 1.84 bits per heavy atom. The van der Waals surface area contributed by atoms with Crippen LogP contribution >= 0.6 is 15.9 Å². The zero-order valence-electron chi connectivity index (χ0n) is 23.7. The average Bonchev–Trinajstić information content (AvgIpc) is 3.72. The molecule has 3 aromatic carbocycles. The van der Waals surface area contributed by atoms with Crippen LogP contribution in [0.3, 0.4) is 0 Å². The van der Waals surface area contributed by atoms with Crippen molar-refractivity contribution in [1.29, 1.82) is 0 Å². The molecule has 0 radical (unpaired) electrons. The highest BCUT2D eigenvalue weighted by atomic mass is 79.9. The topological polar surface area (TPSA) is 143 Å². The number of rotatable bonds is 11. The molecule has 0 aliphatic carbocycles. The molecule has 6 aromatic rings. The number of esters is 1. The Morgan fingerprint density at radius 3 is 2.59 bits per heavy atom. The third-order valence-corrected chi connectivity index (χ3v) is 7.57. The number of benzene rings is 3. The number of aromatic hydroxyl groups is 1. The van der Waals surface area contributed by atoms with Gasteiger partial charge in [0.05, 0.1) is 32.0 Å². The van der Waals surface area contributed by atoms with Crippen molar-refractivity contribution in [2.75, 3.05) is 13.7 Å². The quantitative estimate of drug-likeness (QED) is 0.115. The van der Waals surface area contributed by atoms with Crippen LogP contribution in [0.5, 0.6) is 17.4 Å². The summed E-state index contributed by atoms with van der Waals surface area (Å²) in [5.41, 5.74) is 2.77. The number of furan rings is 1. The number of carbonyl (C=O) groups excluding carboxylic acids is 1. The summed E-state index contributed by atoms with van der Waals surface area (Å²) in [6.45, 7) is 2.78. The highest BCUT2D eigenvalue weighted by Crippen LogP contribution is 2.40. The van der Waals surface area contributed by atoms with Gasteiger partial charge in [-0.25, -0.2) is 4.79 Å². The van der Waals surface area contributed by atoms with Crippen LogP contribution < -0.4 is 9.47 Å². The minimum absolute atomic E-state index is 0.00851. The lowest BCUT2D eigenvalue weighted by Gasteiger charge is -2.07. The van der Waals surface area contributed by atoms with E-state index in [1.165, 1.54) is 0 Å². The fourth-order valence-corrected chi connectivity index (χ4v) is 5.36. The van der Waals surface area contributed by atoms with Crippen LogP contribution in [0, 0.1) is 4.91 Å². The van der Waals surface area contributed by atoms with Crippen molar-refractivity contribution in [2.24, 2.45) is 5.18 Å². The second-order valence-corrected chi connectivity index (χ2v) is 10.7. The van der Waals surface area contributed by atoms with Crippen molar-refractivity contribution < 1.29 is 28.5 Å². The van der Waals surface area contributed by atoms with Gasteiger partial charge >= 0.3 is 5.97 Å². The number of fused-ring (bicyclic) bond motifs is 2. The molecular weight excluding hydrogens is 634 g/mol. The first kappa shape index (κ1) is 28.9. The summed E-state index contributed by atoms with van der Waals surface area (Å²) in [6.07, 6.45) is 1.74. The maximum absolute atomic E-state index is 13.0. The van der Waals surface area contributed by atoms with Gasteiger partial charge in [-0.2, -0.15) is 0 Å². The van der Waals surface area contributed by atoms with Crippen LogP contribution in [-0.2, 0) is 24.4 Å². The number of halogens is 1. The molecular formula is C31H26BrN5O7. The van der Waals surface area contributed by atoms with E-state index in [-0.39, 0.29) is 24.8 Å². The van der Waals surface area contributed by atoms with Crippen LogP contribution in [0.1, 0.15) is 23.0 Å². The highest BCUT2D eigenvalue weighted by molar-refractivity contribution is 9.10. The summed E-state index contributed by atoms with van der Waals surface area (Å²) in [6, 6.07) is 17.8. The number of aryl methyl sites for hydroxylation is 2. The van der Waals surface area contributed by atoms with Gasteiger partial charge in [-0.3, -0.25) is 4.68 Å². The van der Waals surface area contributed by atoms with E-state index in [4.69, 9.17) is 18.6 Å². The van der Waals surface area contributed by atoms with Crippen molar-refractivity contribution >= 4 is 49.5 Å². The van der Waals surface area contributed by atoms with Gasteiger partial charge in [0.25, 0.3) is 0 Å². The number of methoxy groups -OCH3 is 1. The van der Waals surface area contributed by atoms with Gasteiger partial charge in [0.1, 0.15) is 40.7 Å². The SMILES string of the molecule is CCOC(=O)c1c(-c2ccc(OC)cc2)oc2ccc(OCc3cn(CCn4c(O)c(N=O)c5cc(Br)ccc54)nn3)cc12. The number of hydrogen-bond donors (Lipinski definition) is 1. The molecule has 0 spiro atoms. The summed E-state index contributed by atoms with van der Waals surface area (Å²) in [4.78, 5) is 24.4. The van der Waals surface area contributed by atoms with Crippen LogP contribution in [0.25, 0.3) is 33.2 Å². The third-order valence-electron chi connectivity index (χ3n) is 7.08. The molecule has 3 heterocycles. The maximum atomic E-state index is 13.0. The van der Waals surface area contributed by atoms with Crippen LogP contribution in [0.4, 0.5) is 5.69 Å². The van der Waals surface area contributed by atoms with Gasteiger partial charge in [0.15, 0.2) is 5.69 Å². The largest absolute Gasteiger partial charge is 0.497 e. The summed E-state index contributed by atoms with van der Waals surface area (Å²) in [5, 5.41) is 23.1. The summed E-state index contributed by atoms with van der Waals surface area (Å²) in [7, 11) is 1.59. The maximum Gasteiger partial charge on any atom is 0.342 e. The number of carbonyl (C=O) groups is 1. The van der Waals surface area contributed by atoms with E-state index in [1.54, 1.807) is 71.9 Å². The van der Waals surface area contributed by atoms with Gasteiger partial charge in [-0.15, -0.1) is 10.0 Å². The van der Waals surface area contributed by atoms with Gasteiger partial charge in [-0.05, 0) is 72.8 Å². The summed E-state index contributed by atoms with van der Waals surface area (Å²) in [5.74, 6) is 0.880. The molecule has 0 aliphatic heterocycles. The molecule has 0 atom stereocenters. The molecule has 0 fully saturated rings. The van der Waals surface area contributed by atoms with E-state index in [0.717, 1.165) is 4.47 Å². The Hall–Kier alpha value is -5.17. The molecule has 6 rings (SSSR count). The Kier molecular flexibility index (Phi) is 8.03. The van der Waals surface area contributed by atoms with E-state index in [1.807, 2.05) is 18.2 Å². The molecule has 13 heteroatoms. The normalized spacial score (nSPS) is 11.2. The lowest BCUT2D eigenvalue weighted by molar-refractivity contribution is 0.0528. The van der Waals surface area contributed by atoms with Crippen molar-refractivity contribution in [3.05, 3.63) is 87.5 Å². The van der Waals surface area contributed by atoms with E-state index in [0.29, 0.717) is 69.0 Å². The lowest BCUT2D eigenvalue weighted by Crippen LogP contribution is -2.07. The predicted molar refractivity (Wildman–Crippen MR) is 165 cm³/mol. The number of nitroso groups, excluding NO2 is 1. The minimum atomic E-state index is -0.498. The number of ether oxygens (including phenoxy) is 3. The fraction of sp³-hybridized carbons (Fsp3) is 0.194. The van der Waals surface area contributed by atoms with E-state index in [9.17, 15) is 14.8 Å². The number of nitrogens with zero attached hydrogens (tertiary/aromatic N) is 5. The van der Waals surface area contributed by atoms with Crippen LogP contribution in [0.2, 0.25) is 0 Å². The first-order valence-electron chi connectivity index (χ1n) is 13.6. The summed E-state index contributed by atoms with van der Waals surface area (Å²) < 4.78 is 26.7. The Morgan fingerprint density at radius 1 is 1.05 bits per heavy atom. The highest BCUT2D eigenvalue weighted by Gasteiger charge is 2.24.